The lowest BCUT2D eigenvalue weighted by atomic mass is 9.93. The molecule has 0 aliphatic rings. The van der Waals surface area contributed by atoms with Gasteiger partial charge in [0.2, 0.25) is 0 Å². The predicted molar refractivity (Wildman–Crippen MR) is 68.7 cm³/mol. The van der Waals surface area contributed by atoms with Gasteiger partial charge in [-0.15, -0.1) is 0 Å². The van der Waals surface area contributed by atoms with Crippen LogP contribution in [0.5, 0.6) is 0 Å². The predicted octanol–water partition coefficient (Wildman–Crippen LogP) is 2.29. The first-order chi connectivity index (χ1) is 7.53. The maximum atomic E-state index is 10.2. The minimum atomic E-state index is -0.614. The Morgan fingerprint density at radius 2 is 1.88 bits per heavy atom. The Hall–Kier alpha value is -0.860. The Bertz CT molecular complexity index is 303. The van der Waals surface area contributed by atoms with Gasteiger partial charge in [-0.3, -0.25) is 0 Å². The van der Waals surface area contributed by atoms with Crippen LogP contribution in [0.3, 0.4) is 0 Å². The lowest BCUT2D eigenvalue weighted by molar-refractivity contribution is 0.0517. The number of nitrogens with one attached hydrogen (secondary N) is 1. The van der Waals surface area contributed by atoms with Gasteiger partial charge in [0, 0.05) is 6.42 Å². The highest BCUT2D eigenvalue weighted by atomic mass is 16.3. The molecule has 0 saturated carbocycles. The van der Waals surface area contributed by atoms with Crippen LogP contribution < -0.4 is 5.32 Å². The first-order valence-corrected chi connectivity index (χ1v) is 6.02. The lowest BCUT2D eigenvalue weighted by Gasteiger charge is -2.23. The molecule has 0 fully saturated rings. The fraction of sp³-hybridized carbons (Fsp3) is 0.571. The summed E-state index contributed by atoms with van der Waals surface area (Å²) in [6.45, 7) is 7.89. The van der Waals surface area contributed by atoms with Crippen LogP contribution in [0.25, 0.3) is 0 Å². The van der Waals surface area contributed by atoms with Crippen LogP contribution in [0.1, 0.15) is 31.4 Å². The van der Waals surface area contributed by atoms with Gasteiger partial charge in [0.25, 0.3) is 0 Å². The van der Waals surface area contributed by atoms with Gasteiger partial charge in [-0.25, -0.2) is 0 Å². The summed E-state index contributed by atoms with van der Waals surface area (Å²) in [7, 11) is 0. The molecule has 0 bridgehead atoms. The van der Waals surface area contributed by atoms with Crippen LogP contribution in [0, 0.1) is 6.92 Å². The quantitative estimate of drug-likeness (QED) is 0.722. The number of benzene rings is 1. The normalized spacial score (nSPS) is 14.8. The second-order valence-electron chi connectivity index (χ2n) is 4.76. The monoisotopic (exact) mass is 221 g/mol. The molecular formula is C14H23NO. The number of aliphatic hydroxyl groups is 1. The van der Waals surface area contributed by atoms with E-state index in [-0.39, 0.29) is 0 Å². The third-order valence-corrected chi connectivity index (χ3v) is 2.80. The van der Waals surface area contributed by atoms with Crippen molar-refractivity contribution in [3.8, 4) is 0 Å². The van der Waals surface area contributed by atoms with Crippen molar-refractivity contribution in [3.63, 3.8) is 0 Å². The third-order valence-electron chi connectivity index (χ3n) is 2.80. The van der Waals surface area contributed by atoms with Gasteiger partial charge >= 0.3 is 0 Å². The van der Waals surface area contributed by atoms with Crippen LogP contribution in [0.2, 0.25) is 0 Å². The molecule has 1 aromatic rings. The van der Waals surface area contributed by atoms with Gasteiger partial charge in [0.1, 0.15) is 0 Å². The summed E-state index contributed by atoms with van der Waals surface area (Å²) in [5, 5.41) is 13.5. The number of aryl methyl sites for hydroxylation is 1. The average Bonchev–Trinajstić information content (AvgIpc) is 2.21. The molecule has 2 N–H and O–H groups in total. The molecular weight excluding hydrogens is 198 g/mol. The Kier molecular flexibility index (Phi) is 4.97. The first kappa shape index (κ1) is 13.2. The maximum absolute atomic E-state index is 10.2. The molecule has 0 spiro atoms. The second kappa shape index (κ2) is 6.02. The molecule has 1 unspecified atom stereocenters. The molecule has 0 heterocycles. The zero-order valence-corrected chi connectivity index (χ0v) is 10.6. The number of rotatable bonds is 6. The molecule has 0 radical (unpaired) electrons. The molecule has 0 amide bonds. The highest BCUT2D eigenvalue weighted by Crippen LogP contribution is 2.16. The molecule has 2 nitrogen and oxygen atoms in total. The molecule has 0 aliphatic carbocycles. The first-order valence-electron chi connectivity index (χ1n) is 6.02. The van der Waals surface area contributed by atoms with Crippen molar-refractivity contribution in [1.82, 2.24) is 5.32 Å². The van der Waals surface area contributed by atoms with E-state index in [1.807, 2.05) is 6.92 Å². The number of hydrogen-bond acceptors (Lipinski definition) is 2. The van der Waals surface area contributed by atoms with Crippen molar-refractivity contribution in [1.29, 1.82) is 0 Å². The van der Waals surface area contributed by atoms with E-state index in [9.17, 15) is 5.11 Å². The lowest BCUT2D eigenvalue weighted by Crippen LogP contribution is -2.32. The largest absolute Gasteiger partial charge is 0.390 e. The summed E-state index contributed by atoms with van der Waals surface area (Å²) in [5.74, 6) is 0. The summed E-state index contributed by atoms with van der Waals surface area (Å²) in [6.07, 6.45) is 1.51. The van der Waals surface area contributed by atoms with Crippen molar-refractivity contribution in [2.75, 3.05) is 13.1 Å². The SMILES string of the molecule is CCNCCC(C)(O)Cc1ccc(C)cc1. The van der Waals surface area contributed by atoms with Gasteiger partial charge in [-0.1, -0.05) is 36.8 Å². The molecule has 0 aliphatic heterocycles. The van der Waals surface area contributed by atoms with E-state index in [0.717, 1.165) is 25.9 Å². The van der Waals surface area contributed by atoms with Crippen molar-refractivity contribution >= 4 is 0 Å². The fourth-order valence-electron chi connectivity index (χ4n) is 1.77. The topological polar surface area (TPSA) is 32.3 Å². The van der Waals surface area contributed by atoms with Gasteiger partial charge in [-0.2, -0.15) is 0 Å². The van der Waals surface area contributed by atoms with E-state index in [0.29, 0.717) is 0 Å². The molecule has 0 aromatic heterocycles. The summed E-state index contributed by atoms with van der Waals surface area (Å²) in [6, 6.07) is 8.37. The summed E-state index contributed by atoms with van der Waals surface area (Å²) in [4.78, 5) is 0. The molecule has 1 rings (SSSR count). The summed E-state index contributed by atoms with van der Waals surface area (Å²) in [5.41, 5.74) is 1.85. The molecule has 2 heteroatoms. The van der Waals surface area contributed by atoms with Crippen LogP contribution in [-0.4, -0.2) is 23.8 Å². The summed E-state index contributed by atoms with van der Waals surface area (Å²) < 4.78 is 0. The van der Waals surface area contributed by atoms with Gasteiger partial charge in [-0.05, 0) is 38.9 Å². The molecule has 1 atom stereocenters. The molecule has 1 aromatic carbocycles. The Balaban J connectivity index is 2.48. The van der Waals surface area contributed by atoms with E-state index in [1.54, 1.807) is 0 Å². The van der Waals surface area contributed by atoms with E-state index in [4.69, 9.17) is 0 Å². The Morgan fingerprint density at radius 3 is 2.44 bits per heavy atom. The highest BCUT2D eigenvalue weighted by molar-refractivity contribution is 5.22. The average molecular weight is 221 g/mol. The minimum absolute atomic E-state index is 0.614. The van der Waals surface area contributed by atoms with Crippen LogP contribution in [0.4, 0.5) is 0 Å². The third kappa shape index (κ3) is 4.77. The smallest absolute Gasteiger partial charge is 0.0672 e. The zero-order chi connectivity index (χ0) is 12.0. The van der Waals surface area contributed by atoms with Gasteiger partial charge in [0.15, 0.2) is 0 Å². The molecule has 90 valence electrons. The highest BCUT2D eigenvalue weighted by Gasteiger charge is 2.19. The van der Waals surface area contributed by atoms with E-state index >= 15 is 0 Å². The summed E-state index contributed by atoms with van der Waals surface area (Å²) >= 11 is 0. The van der Waals surface area contributed by atoms with Crippen LogP contribution >= 0.6 is 0 Å². The fourth-order valence-corrected chi connectivity index (χ4v) is 1.77. The minimum Gasteiger partial charge on any atom is -0.390 e. The van der Waals surface area contributed by atoms with Gasteiger partial charge in [0.05, 0.1) is 5.60 Å². The standard InChI is InChI=1S/C14H23NO/c1-4-15-10-9-14(3,16)11-13-7-5-12(2)6-8-13/h5-8,15-16H,4,9-11H2,1-3H3. The Labute approximate surface area is 98.7 Å². The van der Waals surface area contributed by atoms with E-state index in [2.05, 4.69) is 43.4 Å². The van der Waals surface area contributed by atoms with Crippen LogP contribution in [-0.2, 0) is 6.42 Å². The second-order valence-corrected chi connectivity index (χ2v) is 4.76. The van der Waals surface area contributed by atoms with E-state index < -0.39 is 5.60 Å². The van der Waals surface area contributed by atoms with Crippen molar-refractivity contribution in [2.24, 2.45) is 0 Å². The van der Waals surface area contributed by atoms with Crippen molar-refractivity contribution < 1.29 is 5.11 Å². The van der Waals surface area contributed by atoms with Gasteiger partial charge < -0.3 is 10.4 Å². The maximum Gasteiger partial charge on any atom is 0.0672 e. The number of hydrogen-bond donors (Lipinski definition) is 2. The van der Waals surface area contributed by atoms with Crippen molar-refractivity contribution in [3.05, 3.63) is 35.4 Å². The van der Waals surface area contributed by atoms with E-state index in [1.165, 1.54) is 11.1 Å². The Morgan fingerprint density at radius 1 is 1.25 bits per heavy atom. The van der Waals surface area contributed by atoms with Crippen LogP contribution in [0.15, 0.2) is 24.3 Å². The molecule has 0 saturated heterocycles. The zero-order valence-electron chi connectivity index (χ0n) is 10.6. The van der Waals surface area contributed by atoms with Crippen molar-refractivity contribution in [2.45, 2.75) is 39.2 Å². The molecule has 16 heavy (non-hydrogen) atoms.